The van der Waals surface area contributed by atoms with Gasteiger partial charge in [-0.3, -0.25) is 0 Å². The largest absolute Gasteiger partial charge is 0.493 e. The fourth-order valence-corrected chi connectivity index (χ4v) is 2.08. The van der Waals surface area contributed by atoms with Gasteiger partial charge in [0.15, 0.2) is 18.3 Å². The fourth-order valence-electron chi connectivity index (χ4n) is 2.08. The Kier molecular flexibility index (Phi) is 8.16. The van der Waals surface area contributed by atoms with Crippen molar-refractivity contribution in [3.8, 4) is 11.5 Å². The van der Waals surface area contributed by atoms with Crippen molar-refractivity contribution >= 4 is 0 Å². The second kappa shape index (κ2) is 9.64. The van der Waals surface area contributed by atoms with Crippen LogP contribution in [0, 0.1) is 11.8 Å². The van der Waals surface area contributed by atoms with E-state index in [2.05, 4.69) is 20.8 Å². The van der Waals surface area contributed by atoms with Gasteiger partial charge in [-0.05, 0) is 42.4 Å². The molecule has 0 aliphatic carbocycles. The molecule has 0 bridgehead atoms. The minimum atomic E-state index is 0.194. The van der Waals surface area contributed by atoms with E-state index in [4.69, 9.17) is 14.2 Å². The van der Waals surface area contributed by atoms with Crippen LogP contribution in [-0.2, 0) is 11.2 Å². The molecule has 4 nitrogen and oxygen atoms in total. The molecule has 0 radical (unpaired) electrons. The van der Waals surface area contributed by atoms with E-state index in [1.54, 1.807) is 7.11 Å². The molecule has 120 valence electrons. The van der Waals surface area contributed by atoms with Crippen molar-refractivity contribution < 1.29 is 19.3 Å². The van der Waals surface area contributed by atoms with E-state index in [0.29, 0.717) is 24.0 Å². The second-order valence-electron chi connectivity index (χ2n) is 5.55. The third kappa shape index (κ3) is 5.94. The average molecular weight is 296 g/mol. The third-order valence-corrected chi connectivity index (χ3v) is 3.55. The molecule has 0 aliphatic heterocycles. The molecule has 1 atom stereocenters. The SMILES string of the molecule is CCCOCOc1cc(C[C@@H](CO)C(C)C)ccc1OC. The zero-order chi connectivity index (χ0) is 15.7. The molecule has 0 aromatic heterocycles. The summed E-state index contributed by atoms with van der Waals surface area (Å²) < 4.78 is 16.3. The number of rotatable bonds is 10. The Balaban J connectivity index is 2.74. The molecular weight excluding hydrogens is 268 g/mol. The van der Waals surface area contributed by atoms with E-state index < -0.39 is 0 Å². The maximum Gasteiger partial charge on any atom is 0.189 e. The molecule has 0 saturated heterocycles. The van der Waals surface area contributed by atoms with Crippen molar-refractivity contribution in [1.82, 2.24) is 0 Å². The summed E-state index contributed by atoms with van der Waals surface area (Å²) in [6.07, 6.45) is 1.79. The van der Waals surface area contributed by atoms with Crippen LogP contribution in [0.25, 0.3) is 0 Å². The van der Waals surface area contributed by atoms with Gasteiger partial charge in [-0.1, -0.05) is 26.8 Å². The Morgan fingerprint density at radius 2 is 1.95 bits per heavy atom. The van der Waals surface area contributed by atoms with Crippen LogP contribution in [0.5, 0.6) is 11.5 Å². The minimum Gasteiger partial charge on any atom is -0.493 e. The van der Waals surface area contributed by atoms with Gasteiger partial charge in [0.2, 0.25) is 0 Å². The number of aliphatic hydroxyl groups is 1. The summed E-state index contributed by atoms with van der Waals surface area (Å²) in [5, 5.41) is 9.45. The summed E-state index contributed by atoms with van der Waals surface area (Å²) >= 11 is 0. The molecule has 21 heavy (non-hydrogen) atoms. The average Bonchev–Trinajstić information content (AvgIpc) is 2.49. The second-order valence-corrected chi connectivity index (χ2v) is 5.55. The normalized spacial score (nSPS) is 12.5. The Bertz CT molecular complexity index is 404. The quantitative estimate of drug-likeness (QED) is 0.532. The van der Waals surface area contributed by atoms with Gasteiger partial charge < -0.3 is 19.3 Å². The number of hydrogen-bond acceptors (Lipinski definition) is 4. The molecule has 1 aromatic carbocycles. The topological polar surface area (TPSA) is 47.9 Å². The van der Waals surface area contributed by atoms with Crippen LogP contribution in [0.3, 0.4) is 0 Å². The van der Waals surface area contributed by atoms with Crippen molar-refractivity contribution in [2.45, 2.75) is 33.6 Å². The minimum absolute atomic E-state index is 0.194. The van der Waals surface area contributed by atoms with Gasteiger partial charge in [0.1, 0.15) is 0 Å². The van der Waals surface area contributed by atoms with Crippen molar-refractivity contribution in [2.24, 2.45) is 11.8 Å². The van der Waals surface area contributed by atoms with Crippen LogP contribution < -0.4 is 9.47 Å². The van der Waals surface area contributed by atoms with E-state index in [-0.39, 0.29) is 19.3 Å². The molecule has 4 heteroatoms. The van der Waals surface area contributed by atoms with E-state index in [0.717, 1.165) is 18.4 Å². The van der Waals surface area contributed by atoms with E-state index >= 15 is 0 Å². The first-order chi connectivity index (χ1) is 10.1. The van der Waals surface area contributed by atoms with Crippen molar-refractivity contribution in [1.29, 1.82) is 0 Å². The highest BCUT2D eigenvalue weighted by Gasteiger charge is 2.14. The molecule has 0 unspecified atom stereocenters. The highest BCUT2D eigenvalue weighted by molar-refractivity contribution is 5.43. The van der Waals surface area contributed by atoms with Crippen LogP contribution in [0.1, 0.15) is 32.8 Å². The Hall–Kier alpha value is -1.26. The zero-order valence-corrected chi connectivity index (χ0v) is 13.6. The maximum atomic E-state index is 9.45. The summed E-state index contributed by atoms with van der Waals surface area (Å²) in [6, 6.07) is 5.89. The van der Waals surface area contributed by atoms with Gasteiger partial charge in [-0.2, -0.15) is 0 Å². The number of hydrogen-bond donors (Lipinski definition) is 1. The lowest BCUT2D eigenvalue weighted by Gasteiger charge is -2.19. The fraction of sp³-hybridized carbons (Fsp3) is 0.647. The highest BCUT2D eigenvalue weighted by atomic mass is 16.7. The van der Waals surface area contributed by atoms with Crippen LogP contribution in [-0.4, -0.2) is 32.2 Å². The first-order valence-electron chi connectivity index (χ1n) is 7.60. The predicted octanol–water partition coefficient (Wildman–Crippen LogP) is 3.27. The van der Waals surface area contributed by atoms with Crippen LogP contribution in [0.2, 0.25) is 0 Å². The lowest BCUT2D eigenvalue weighted by atomic mass is 9.90. The Morgan fingerprint density at radius 1 is 1.19 bits per heavy atom. The molecule has 1 aromatic rings. The molecule has 0 spiro atoms. The molecule has 1 rings (SSSR count). The maximum absolute atomic E-state index is 9.45. The highest BCUT2D eigenvalue weighted by Crippen LogP contribution is 2.29. The van der Waals surface area contributed by atoms with Gasteiger partial charge >= 0.3 is 0 Å². The molecule has 0 aliphatic rings. The molecule has 0 fully saturated rings. The number of ether oxygens (including phenoxy) is 3. The van der Waals surface area contributed by atoms with Gasteiger partial charge in [-0.15, -0.1) is 0 Å². The summed E-state index contributed by atoms with van der Waals surface area (Å²) in [7, 11) is 1.62. The van der Waals surface area contributed by atoms with Gasteiger partial charge in [0.25, 0.3) is 0 Å². The molecular formula is C17H28O4. The Morgan fingerprint density at radius 3 is 2.52 bits per heavy atom. The van der Waals surface area contributed by atoms with Crippen molar-refractivity contribution in [3.05, 3.63) is 23.8 Å². The zero-order valence-electron chi connectivity index (χ0n) is 13.6. The van der Waals surface area contributed by atoms with Crippen molar-refractivity contribution in [3.63, 3.8) is 0 Å². The summed E-state index contributed by atoms with van der Waals surface area (Å²) in [6.45, 7) is 7.41. The van der Waals surface area contributed by atoms with Gasteiger partial charge in [-0.25, -0.2) is 0 Å². The summed E-state index contributed by atoms with van der Waals surface area (Å²) in [5.41, 5.74) is 1.13. The number of aliphatic hydroxyl groups excluding tert-OH is 1. The van der Waals surface area contributed by atoms with Gasteiger partial charge in [0.05, 0.1) is 13.7 Å². The van der Waals surface area contributed by atoms with E-state index in [1.165, 1.54) is 0 Å². The first kappa shape index (κ1) is 17.8. The molecule has 0 heterocycles. The van der Waals surface area contributed by atoms with Crippen LogP contribution in [0.15, 0.2) is 18.2 Å². The van der Waals surface area contributed by atoms with E-state index in [1.807, 2.05) is 18.2 Å². The van der Waals surface area contributed by atoms with E-state index in [9.17, 15) is 5.11 Å². The smallest absolute Gasteiger partial charge is 0.189 e. The summed E-state index contributed by atoms with van der Waals surface area (Å²) in [5.74, 6) is 2.08. The van der Waals surface area contributed by atoms with Crippen LogP contribution in [0.4, 0.5) is 0 Å². The monoisotopic (exact) mass is 296 g/mol. The lowest BCUT2D eigenvalue weighted by Crippen LogP contribution is -2.16. The number of benzene rings is 1. The van der Waals surface area contributed by atoms with Gasteiger partial charge in [0, 0.05) is 6.61 Å². The lowest BCUT2D eigenvalue weighted by molar-refractivity contribution is 0.0142. The summed E-state index contributed by atoms with van der Waals surface area (Å²) in [4.78, 5) is 0. The number of methoxy groups -OCH3 is 1. The molecule has 0 saturated carbocycles. The van der Waals surface area contributed by atoms with Crippen molar-refractivity contribution in [2.75, 3.05) is 27.1 Å². The third-order valence-electron chi connectivity index (χ3n) is 3.55. The predicted molar refractivity (Wildman–Crippen MR) is 83.8 cm³/mol. The molecule has 0 amide bonds. The standard InChI is InChI=1S/C17H28O4/c1-5-8-20-12-21-17-10-14(6-7-16(17)19-4)9-15(11-18)13(2)3/h6-7,10,13,15,18H,5,8-9,11-12H2,1-4H3/t15-/m0/s1. The van der Waals surface area contributed by atoms with Crippen LogP contribution >= 0.6 is 0 Å². The molecule has 1 N–H and O–H groups in total. The first-order valence-corrected chi connectivity index (χ1v) is 7.60. The Labute approximate surface area is 128 Å².